The average Bonchev–Trinajstić information content (AvgIpc) is 2.32. The molecule has 0 spiro atoms. The SMILES string of the molecule is Fc1ccc(CC(Br)C2CCC(F)(F)CC2)c(F)c1. The third-order valence-corrected chi connectivity index (χ3v) is 4.77. The lowest BCUT2D eigenvalue weighted by Gasteiger charge is -2.31. The molecule has 19 heavy (non-hydrogen) atoms. The van der Waals surface area contributed by atoms with E-state index < -0.39 is 17.6 Å². The Hall–Kier alpha value is -0.580. The van der Waals surface area contributed by atoms with Crippen LogP contribution in [0.25, 0.3) is 0 Å². The highest BCUT2D eigenvalue weighted by Gasteiger charge is 2.37. The van der Waals surface area contributed by atoms with Gasteiger partial charge in [-0.15, -0.1) is 0 Å². The van der Waals surface area contributed by atoms with E-state index in [1.807, 2.05) is 0 Å². The zero-order valence-corrected chi connectivity index (χ0v) is 11.9. The second-order valence-corrected chi connectivity index (χ2v) is 6.33. The minimum Gasteiger partial charge on any atom is -0.207 e. The van der Waals surface area contributed by atoms with Crippen LogP contribution in [0.4, 0.5) is 17.6 Å². The highest BCUT2D eigenvalue weighted by Crippen LogP contribution is 2.39. The molecule has 0 N–H and O–H groups in total. The molecule has 0 saturated heterocycles. The first-order valence-corrected chi connectivity index (χ1v) is 7.25. The Kier molecular flexibility index (Phi) is 4.54. The Morgan fingerprint density at radius 1 is 1.21 bits per heavy atom. The van der Waals surface area contributed by atoms with Crippen molar-refractivity contribution in [2.45, 2.75) is 42.9 Å². The van der Waals surface area contributed by atoms with E-state index in [0.29, 0.717) is 24.8 Å². The fourth-order valence-electron chi connectivity index (χ4n) is 2.49. The fourth-order valence-corrected chi connectivity index (χ4v) is 3.37. The van der Waals surface area contributed by atoms with E-state index in [-0.39, 0.29) is 23.6 Å². The Labute approximate surface area is 118 Å². The molecule has 1 saturated carbocycles. The lowest BCUT2D eigenvalue weighted by Crippen LogP contribution is -2.29. The van der Waals surface area contributed by atoms with E-state index in [2.05, 4.69) is 15.9 Å². The summed E-state index contributed by atoms with van der Waals surface area (Å²) in [6.07, 6.45) is 1.05. The molecule has 0 bridgehead atoms. The first-order valence-electron chi connectivity index (χ1n) is 6.33. The maximum Gasteiger partial charge on any atom is 0.248 e. The van der Waals surface area contributed by atoms with Gasteiger partial charge >= 0.3 is 0 Å². The molecule has 5 heteroatoms. The fraction of sp³-hybridized carbons (Fsp3) is 0.571. The standard InChI is InChI=1S/C14H15BrF4/c15-12(9-3-5-14(18,19)6-4-9)7-10-1-2-11(16)8-13(10)17/h1-2,8-9,12H,3-7H2. The summed E-state index contributed by atoms with van der Waals surface area (Å²) in [6.45, 7) is 0. The van der Waals surface area contributed by atoms with Crippen LogP contribution in [0.2, 0.25) is 0 Å². The molecule has 2 rings (SSSR count). The normalized spacial score (nSPS) is 21.3. The topological polar surface area (TPSA) is 0 Å². The summed E-state index contributed by atoms with van der Waals surface area (Å²) in [7, 11) is 0. The van der Waals surface area contributed by atoms with E-state index in [0.717, 1.165) is 6.07 Å². The molecule has 1 atom stereocenters. The number of alkyl halides is 3. The van der Waals surface area contributed by atoms with Crippen LogP contribution in [0.3, 0.4) is 0 Å². The molecule has 106 valence electrons. The van der Waals surface area contributed by atoms with Gasteiger partial charge in [0.15, 0.2) is 0 Å². The maximum absolute atomic E-state index is 13.5. The van der Waals surface area contributed by atoms with Crippen molar-refractivity contribution in [2.75, 3.05) is 0 Å². The Morgan fingerprint density at radius 3 is 2.42 bits per heavy atom. The van der Waals surface area contributed by atoms with Crippen LogP contribution < -0.4 is 0 Å². The largest absolute Gasteiger partial charge is 0.248 e. The van der Waals surface area contributed by atoms with Crippen molar-refractivity contribution < 1.29 is 17.6 Å². The lowest BCUT2D eigenvalue weighted by atomic mass is 9.83. The highest BCUT2D eigenvalue weighted by molar-refractivity contribution is 9.09. The maximum atomic E-state index is 13.5. The van der Waals surface area contributed by atoms with E-state index in [9.17, 15) is 17.6 Å². The van der Waals surface area contributed by atoms with Crippen molar-refractivity contribution in [3.05, 3.63) is 35.4 Å². The molecular weight excluding hydrogens is 324 g/mol. The molecule has 0 nitrogen and oxygen atoms in total. The molecule has 0 heterocycles. The van der Waals surface area contributed by atoms with Crippen LogP contribution in [0.15, 0.2) is 18.2 Å². The zero-order chi connectivity index (χ0) is 14.0. The van der Waals surface area contributed by atoms with Crippen LogP contribution in [0.1, 0.15) is 31.2 Å². The summed E-state index contributed by atoms with van der Waals surface area (Å²) in [5.74, 6) is -3.62. The Morgan fingerprint density at radius 2 is 1.84 bits per heavy atom. The second-order valence-electron chi connectivity index (χ2n) is 5.15. The monoisotopic (exact) mass is 338 g/mol. The van der Waals surface area contributed by atoms with Gasteiger partial charge in [-0.05, 0) is 36.8 Å². The highest BCUT2D eigenvalue weighted by atomic mass is 79.9. The molecule has 0 amide bonds. The van der Waals surface area contributed by atoms with Crippen molar-refractivity contribution in [1.82, 2.24) is 0 Å². The number of benzene rings is 1. The van der Waals surface area contributed by atoms with Crippen LogP contribution >= 0.6 is 15.9 Å². The Bertz CT molecular complexity index is 437. The van der Waals surface area contributed by atoms with Crippen LogP contribution in [0, 0.1) is 17.6 Å². The summed E-state index contributed by atoms with van der Waals surface area (Å²) < 4.78 is 52.4. The molecule has 1 aliphatic carbocycles. The van der Waals surface area contributed by atoms with Crippen molar-refractivity contribution in [1.29, 1.82) is 0 Å². The number of hydrogen-bond donors (Lipinski definition) is 0. The Balaban J connectivity index is 1.96. The van der Waals surface area contributed by atoms with Crippen molar-refractivity contribution in [3.8, 4) is 0 Å². The first kappa shape index (κ1) is 14.8. The molecular formula is C14H15BrF4. The zero-order valence-electron chi connectivity index (χ0n) is 10.3. The van der Waals surface area contributed by atoms with Crippen LogP contribution in [0.5, 0.6) is 0 Å². The molecule has 1 aromatic rings. The van der Waals surface area contributed by atoms with Gasteiger partial charge in [-0.1, -0.05) is 22.0 Å². The van der Waals surface area contributed by atoms with Gasteiger partial charge in [0.1, 0.15) is 11.6 Å². The number of hydrogen-bond acceptors (Lipinski definition) is 0. The summed E-state index contributed by atoms with van der Waals surface area (Å²) in [4.78, 5) is -0.0523. The average molecular weight is 339 g/mol. The van der Waals surface area contributed by atoms with E-state index in [4.69, 9.17) is 0 Å². The van der Waals surface area contributed by atoms with Gasteiger partial charge in [-0.25, -0.2) is 17.6 Å². The lowest BCUT2D eigenvalue weighted by molar-refractivity contribution is -0.0456. The van der Waals surface area contributed by atoms with Gasteiger partial charge < -0.3 is 0 Å². The van der Waals surface area contributed by atoms with Gasteiger partial charge in [-0.3, -0.25) is 0 Å². The van der Waals surface area contributed by atoms with Crippen LogP contribution in [-0.4, -0.2) is 10.7 Å². The van der Waals surface area contributed by atoms with Gasteiger partial charge in [-0.2, -0.15) is 0 Å². The van der Waals surface area contributed by atoms with Gasteiger partial charge in [0.05, 0.1) is 0 Å². The molecule has 0 aromatic heterocycles. The minimum atomic E-state index is -2.55. The molecule has 1 aliphatic rings. The van der Waals surface area contributed by atoms with Crippen molar-refractivity contribution in [2.24, 2.45) is 5.92 Å². The number of rotatable bonds is 3. The van der Waals surface area contributed by atoms with Gasteiger partial charge in [0, 0.05) is 23.7 Å². The smallest absolute Gasteiger partial charge is 0.207 e. The van der Waals surface area contributed by atoms with Crippen molar-refractivity contribution >= 4 is 15.9 Å². The molecule has 1 aromatic carbocycles. The number of halogens is 5. The minimum absolute atomic E-state index is 0.0523. The summed E-state index contributed by atoms with van der Waals surface area (Å²) in [5.41, 5.74) is 0.417. The predicted octanol–water partition coefficient (Wildman–Crippen LogP) is 5.10. The third kappa shape index (κ3) is 3.94. The molecule has 1 fully saturated rings. The quantitative estimate of drug-likeness (QED) is 0.531. The van der Waals surface area contributed by atoms with E-state index in [1.165, 1.54) is 12.1 Å². The van der Waals surface area contributed by atoms with E-state index >= 15 is 0 Å². The van der Waals surface area contributed by atoms with E-state index in [1.54, 1.807) is 0 Å². The van der Waals surface area contributed by atoms with Gasteiger partial charge in [0.25, 0.3) is 0 Å². The summed E-state index contributed by atoms with van der Waals surface area (Å²) in [5, 5.41) is 0. The first-order chi connectivity index (χ1) is 8.87. The second kappa shape index (κ2) is 5.81. The van der Waals surface area contributed by atoms with Gasteiger partial charge in [0.2, 0.25) is 5.92 Å². The van der Waals surface area contributed by atoms with Crippen LogP contribution in [-0.2, 0) is 6.42 Å². The molecule has 0 radical (unpaired) electrons. The van der Waals surface area contributed by atoms with Crippen molar-refractivity contribution in [3.63, 3.8) is 0 Å². The summed E-state index contributed by atoms with van der Waals surface area (Å²) in [6, 6.07) is 3.48. The molecule has 0 aliphatic heterocycles. The third-order valence-electron chi connectivity index (χ3n) is 3.70. The molecule has 1 unspecified atom stereocenters. The summed E-state index contributed by atoms with van der Waals surface area (Å²) >= 11 is 3.46. The predicted molar refractivity (Wildman–Crippen MR) is 69.7 cm³/mol.